The SMILES string of the molecule is Cc1[nH]c(=O)c(=O)n(C)c1C. The quantitative estimate of drug-likeness (QED) is 0.521. The van der Waals surface area contributed by atoms with E-state index in [2.05, 4.69) is 4.98 Å². The maximum absolute atomic E-state index is 11.0. The van der Waals surface area contributed by atoms with E-state index < -0.39 is 11.1 Å². The van der Waals surface area contributed by atoms with Gasteiger partial charge in [0, 0.05) is 18.4 Å². The molecule has 0 aromatic carbocycles. The Morgan fingerprint density at radius 2 is 1.82 bits per heavy atom. The third-order valence-corrected chi connectivity index (χ3v) is 1.85. The van der Waals surface area contributed by atoms with E-state index >= 15 is 0 Å². The molecular weight excluding hydrogens is 144 g/mol. The van der Waals surface area contributed by atoms with Gasteiger partial charge in [-0.3, -0.25) is 9.59 Å². The van der Waals surface area contributed by atoms with Crippen LogP contribution in [-0.4, -0.2) is 9.55 Å². The van der Waals surface area contributed by atoms with E-state index in [1.807, 2.05) is 0 Å². The zero-order valence-corrected chi connectivity index (χ0v) is 6.76. The maximum atomic E-state index is 11.0. The summed E-state index contributed by atoms with van der Waals surface area (Å²) in [6, 6.07) is 0. The molecule has 1 aromatic heterocycles. The standard InChI is InChI=1S/C7H10N2O2/c1-4-5(2)9(3)7(11)6(10)8-4/h1-3H3,(H,8,10). The van der Waals surface area contributed by atoms with Crippen LogP contribution in [0.25, 0.3) is 0 Å². The molecule has 0 bridgehead atoms. The smallest absolute Gasteiger partial charge is 0.316 e. The average Bonchev–Trinajstić information content (AvgIpc) is 1.97. The molecule has 1 rings (SSSR count). The number of aromatic nitrogens is 2. The van der Waals surface area contributed by atoms with Crippen molar-refractivity contribution < 1.29 is 0 Å². The van der Waals surface area contributed by atoms with Gasteiger partial charge < -0.3 is 9.55 Å². The van der Waals surface area contributed by atoms with E-state index in [0.29, 0.717) is 0 Å². The molecule has 1 aromatic rings. The number of hydrogen-bond acceptors (Lipinski definition) is 2. The Morgan fingerprint density at radius 3 is 2.36 bits per heavy atom. The summed E-state index contributed by atoms with van der Waals surface area (Å²) in [7, 11) is 1.58. The number of rotatable bonds is 0. The van der Waals surface area contributed by atoms with Crippen LogP contribution in [0.4, 0.5) is 0 Å². The second-order valence-electron chi connectivity index (χ2n) is 2.53. The monoisotopic (exact) mass is 154 g/mol. The molecule has 11 heavy (non-hydrogen) atoms. The predicted octanol–water partition coefficient (Wildman–Crippen LogP) is -0.310. The van der Waals surface area contributed by atoms with E-state index in [0.717, 1.165) is 11.4 Å². The number of aryl methyl sites for hydroxylation is 1. The highest BCUT2D eigenvalue weighted by Gasteiger charge is 2.01. The summed E-state index contributed by atoms with van der Waals surface area (Å²) in [5, 5.41) is 0. The largest absolute Gasteiger partial charge is 0.320 e. The van der Waals surface area contributed by atoms with Crippen molar-refractivity contribution in [3.05, 3.63) is 32.1 Å². The van der Waals surface area contributed by atoms with Crippen molar-refractivity contribution in [1.29, 1.82) is 0 Å². The van der Waals surface area contributed by atoms with Crippen molar-refractivity contribution in [2.24, 2.45) is 7.05 Å². The lowest BCUT2D eigenvalue weighted by atomic mass is 10.3. The fourth-order valence-corrected chi connectivity index (χ4v) is 0.870. The highest BCUT2D eigenvalue weighted by molar-refractivity contribution is 5.07. The number of hydrogen-bond donors (Lipinski definition) is 1. The summed E-state index contributed by atoms with van der Waals surface area (Å²) in [6.45, 7) is 3.54. The van der Waals surface area contributed by atoms with Gasteiger partial charge in [0.2, 0.25) is 0 Å². The second kappa shape index (κ2) is 2.38. The lowest BCUT2D eigenvalue weighted by Gasteiger charge is -2.03. The highest BCUT2D eigenvalue weighted by atomic mass is 16.2. The van der Waals surface area contributed by atoms with Gasteiger partial charge in [0.15, 0.2) is 0 Å². The number of H-pyrrole nitrogens is 1. The second-order valence-corrected chi connectivity index (χ2v) is 2.53. The zero-order chi connectivity index (χ0) is 8.59. The molecule has 4 heteroatoms. The first-order valence-electron chi connectivity index (χ1n) is 3.30. The van der Waals surface area contributed by atoms with Gasteiger partial charge in [-0.15, -0.1) is 0 Å². The Bertz CT molecular complexity index is 386. The topological polar surface area (TPSA) is 54.9 Å². The molecule has 0 radical (unpaired) electrons. The molecule has 1 N–H and O–H groups in total. The average molecular weight is 154 g/mol. The van der Waals surface area contributed by atoms with Crippen molar-refractivity contribution in [2.75, 3.05) is 0 Å². The lowest BCUT2D eigenvalue weighted by Crippen LogP contribution is -2.36. The molecule has 0 saturated heterocycles. The Balaban J connectivity index is 3.73. The van der Waals surface area contributed by atoms with Crippen LogP contribution in [-0.2, 0) is 7.05 Å². The molecular formula is C7H10N2O2. The third kappa shape index (κ3) is 1.11. The number of nitrogens with one attached hydrogen (secondary N) is 1. The first-order chi connectivity index (χ1) is 5.04. The van der Waals surface area contributed by atoms with E-state index in [1.165, 1.54) is 4.57 Å². The molecule has 0 amide bonds. The summed E-state index contributed by atoms with van der Waals surface area (Å²) < 4.78 is 1.34. The minimum atomic E-state index is -0.560. The van der Waals surface area contributed by atoms with Crippen LogP contribution >= 0.6 is 0 Å². The van der Waals surface area contributed by atoms with Crippen LogP contribution < -0.4 is 11.1 Å². The van der Waals surface area contributed by atoms with Crippen LogP contribution in [0.1, 0.15) is 11.4 Å². The van der Waals surface area contributed by atoms with Crippen molar-refractivity contribution in [2.45, 2.75) is 13.8 Å². The highest BCUT2D eigenvalue weighted by Crippen LogP contribution is 1.93. The van der Waals surface area contributed by atoms with Crippen LogP contribution in [0.3, 0.4) is 0 Å². The van der Waals surface area contributed by atoms with Crippen molar-refractivity contribution in [1.82, 2.24) is 9.55 Å². The van der Waals surface area contributed by atoms with Gasteiger partial charge in [0.05, 0.1) is 0 Å². The summed E-state index contributed by atoms with van der Waals surface area (Å²) in [5.74, 6) is 0. The molecule has 0 aliphatic rings. The van der Waals surface area contributed by atoms with Gasteiger partial charge in [-0.25, -0.2) is 0 Å². The Hall–Kier alpha value is -1.32. The summed E-state index contributed by atoms with van der Waals surface area (Å²) >= 11 is 0. The Morgan fingerprint density at radius 1 is 1.27 bits per heavy atom. The lowest BCUT2D eigenvalue weighted by molar-refractivity contribution is 0.768. The van der Waals surface area contributed by atoms with Crippen molar-refractivity contribution in [3.8, 4) is 0 Å². The van der Waals surface area contributed by atoms with Gasteiger partial charge in [0.1, 0.15) is 0 Å². The summed E-state index contributed by atoms with van der Waals surface area (Å²) in [4.78, 5) is 24.2. The molecule has 4 nitrogen and oxygen atoms in total. The first kappa shape index (κ1) is 7.78. The zero-order valence-electron chi connectivity index (χ0n) is 6.76. The minimum Gasteiger partial charge on any atom is -0.320 e. The summed E-state index contributed by atoms with van der Waals surface area (Å²) in [5.41, 5.74) is 0.454. The number of nitrogens with zero attached hydrogens (tertiary/aromatic N) is 1. The molecule has 1 heterocycles. The molecule has 0 spiro atoms. The molecule has 60 valence electrons. The fourth-order valence-electron chi connectivity index (χ4n) is 0.870. The van der Waals surface area contributed by atoms with E-state index in [1.54, 1.807) is 20.9 Å². The van der Waals surface area contributed by atoms with Gasteiger partial charge in [0.25, 0.3) is 0 Å². The van der Waals surface area contributed by atoms with Gasteiger partial charge >= 0.3 is 11.1 Å². The first-order valence-corrected chi connectivity index (χ1v) is 3.30. The maximum Gasteiger partial charge on any atom is 0.316 e. The van der Waals surface area contributed by atoms with Gasteiger partial charge in [-0.1, -0.05) is 0 Å². The van der Waals surface area contributed by atoms with Gasteiger partial charge in [-0.2, -0.15) is 0 Å². The van der Waals surface area contributed by atoms with Crippen LogP contribution in [0, 0.1) is 13.8 Å². The predicted molar refractivity (Wildman–Crippen MR) is 41.8 cm³/mol. The van der Waals surface area contributed by atoms with Crippen LogP contribution in [0.2, 0.25) is 0 Å². The van der Waals surface area contributed by atoms with E-state index in [9.17, 15) is 9.59 Å². The summed E-state index contributed by atoms with van der Waals surface area (Å²) in [6.07, 6.45) is 0. The minimum absolute atomic E-state index is 0.506. The Labute approximate surface area is 63.5 Å². The fraction of sp³-hybridized carbons (Fsp3) is 0.429. The van der Waals surface area contributed by atoms with Crippen molar-refractivity contribution in [3.63, 3.8) is 0 Å². The van der Waals surface area contributed by atoms with Crippen LogP contribution in [0.15, 0.2) is 9.59 Å². The van der Waals surface area contributed by atoms with Crippen LogP contribution in [0.5, 0.6) is 0 Å². The normalized spacial score (nSPS) is 10.1. The molecule has 0 saturated carbocycles. The Kier molecular flexibility index (Phi) is 1.68. The molecule has 0 unspecified atom stereocenters. The number of aromatic amines is 1. The molecule has 0 aliphatic carbocycles. The molecule has 0 atom stereocenters. The van der Waals surface area contributed by atoms with Crippen molar-refractivity contribution >= 4 is 0 Å². The van der Waals surface area contributed by atoms with Gasteiger partial charge in [-0.05, 0) is 13.8 Å². The molecule has 0 aliphatic heterocycles. The third-order valence-electron chi connectivity index (χ3n) is 1.85. The van der Waals surface area contributed by atoms with E-state index in [-0.39, 0.29) is 0 Å². The molecule has 0 fully saturated rings. The van der Waals surface area contributed by atoms with E-state index in [4.69, 9.17) is 0 Å².